The van der Waals surface area contributed by atoms with E-state index in [1.54, 1.807) is 6.07 Å². The van der Waals surface area contributed by atoms with Gasteiger partial charge in [0.15, 0.2) is 0 Å². The number of anilines is 1. The van der Waals surface area contributed by atoms with Gasteiger partial charge in [-0.1, -0.05) is 6.92 Å². The molecule has 15 heavy (non-hydrogen) atoms. The van der Waals surface area contributed by atoms with Crippen molar-refractivity contribution in [3.8, 4) is 0 Å². The summed E-state index contributed by atoms with van der Waals surface area (Å²) in [5, 5.41) is 13.4. The fraction of sp³-hybridized carbons (Fsp3) is 0.444. The maximum absolute atomic E-state index is 10.4. The highest BCUT2D eigenvalue weighted by Crippen LogP contribution is 2.11. The average Bonchev–Trinajstić information content (AvgIpc) is 2.26. The van der Waals surface area contributed by atoms with Gasteiger partial charge in [-0.3, -0.25) is 10.1 Å². The van der Waals surface area contributed by atoms with E-state index in [1.807, 2.05) is 6.92 Å². The van der Waals surface area contributed by atoms with E-state index >= 15 is 0 Å². The van der Waals surface area contributed by atoms with E-state index in [9.17, 15) is 10.1 Å². The summed E-state index contributed by atoms with van der Waals surface area (Å²) in [5.74, 6) is 0.975. The maximum Gasteiger partial charge on any atom is 0.287 e. The van der Waals surface area contributed by atoms with Crippen molar-refractivity contribution in [2.45, 2.75) is 6.92 Å². The van der Waals surface area contributed by atoms with Crippen molar-refractivity contribution >= 4 is 11.5 Å². The topological polar surface area (TPSA) is 94.1 Å². The third-order valence-electron chi connectivity index (χ3n) is 1.99. The lowest BCUT2D eigenvalue weighted by atomic mass is 10.2. The summed E-state index contributed by atoms with van der Waals surface area (Å²) in [6.45, 7) is 3.32. The molecule has 1 heterocycles. The number of pyridine rings is 1. The van der Waals surface area contributed by atoms with Gasteiger partial charge in [-0.05, 0) is 18.5 Å². The molecule has 0 saturated carbocycles. The van der Waals surface area contributed by atoms with Crippen LogP contribution in [0.5, 0.6) is 0 Å². The van der Waals surface area contributed by atoms with Crippen molar-refractivity contribution in [2.24, 2.45) is 11.7 Å². The summed E-state index contributed by atoms with van der Waals surface area (Å²) >= 11 is 0. The van der Waals surface area contributed by atoms with Crippen LogP contribution in [0.2, 0.25) is 0 Å². The Bertz CT molecular complexity index is 325. The Balaban J connectivity index is 2.53. The van der Waals surface area contributed by atoms with Crippen LogP contribution in [-0.2, 0) is 0 Å². The van der Waals surface area contributed by atoms with Gasteiger partial charge in [-0.2, -0.15) is 0 Å². The second-order valence-corrected chi connectivity index (χ2v) is 3.38. The summed E-state index contributed by atoms with van der Waals surface area (Å²) in [4.78, 5) is 13.8. The largest absolute Gasteiger partial charge is 0.370 e. The zero-order valence-corrected chi connectivity index (χ0v) is 8.51. The Morgan fingerprint density at radius 3 is 2.87 bits per heavy atom. The fourth-order valence-electron chi connectivity index (χ4n) is 0.961. The molecule has 0 amide bonds. The predicted molar refractivity (Wildman–Crippen MR) is 57.6 cm³/mol. The fourth-order valence-corrected chi connectivity index (χ4v) is 0.961. The van der Waals surface area contributed by atoms with Crippen molar-refractivity contribution in [3.63, 3.8) is 0 Å². The van der Waals surface area contributed by atoms with E-state index in [2.05, 4.69) is 10.3 Å². The van der Waals surface area contributed by atoms with Crippen LogP contribution in [0.1, 0.15) is 6.92 Å². The minimum atomic E-state index is -0.473. The maximum atomic E-state index is 10.4. The van der Waals surface area contributed by atoms with E-state index in [4.69, 9.17) is 5.73 Å². The number of hydrogen-bond donors (Lipinski definition) is 2. The third-order valence-corrected chi connectivity index (χ3v) is 1.99. The minimum absolute atomic E-state index is 0.00702. The molecule has 1 aromatic heterocycles. The highest BCUT2D eigenvalue weighted by atomic mass is 16.6. The molecule has 1 atom stereocenters. The molecule has 6 nitrogen and oxygen atoms in total. The SMILES string of the molecule is CC(CN)CNc1ccc([N+](=O)[O-])cn1. The molecule has 0 spiro atoms. The smallest absolute Gasteiger partial charge is 0.287 e. The molecule has 0 saturated heterocycles. The van der Waals surface area contributed by atoms with Crippen molar-refractivity contribution in [3.05, 3.63) is 28.4 Å². The summed E-state index contributed by atoms with van der Waals surface area (Å²) in [6.07, 6.45) is 1.23. The van der Waals surface area contributed by atoms with Gasteiger partial charge >= 0.3 is 0 Å². The number of nitrogens with two attached hydrogens (primary N) is 1. The Kier molecular flexibility index (Phi) is 3.99. The molecular weight excluding hydrogens is 196 g/mol. The monoisotopic (exact) mass is 210 g/mol. The Morgan fingerprint density at radius 1 is 1.67 bits per heavy atom. The second kappa shape index (κ2) is 5.26. The van der Waals surface area contributed by atoms with Crippen molar-refractivity contribution in [1.29, 1.82) is 0 Å². The standard InChI is InChI=1S/C9H14N4O2/c1-7(4-10)5-11-9-3-2-8(6-12-9)13(14)15/h2-3,6-7H,4-5,10H2,1H3,(H,11,12). The van der Waals surface area contributed by atoms with E-state index in [1.165, 1.54) is 12.3 Å². The van der Waals surface area contributed by atoms with E-state index < -0.39 is 4.92 Å². The zero-order chi connectivity index (χ0) is 11.3. The van der Waals surface area contributed by atoms with Crippen molar-refractivity contribution in [1.82, 2.24) is 4.98 Å². The van der Waals surface area contributed by atoms with Crippen LogP contribution < -0.4 is 11.1 Å². The second-order valence-electron chi connectivity index (χ2n) is 3.38. The van der Waals surface area contributed by atoms with Crippen molar-refractivity contribution in [2.75, 3.05) is 18.4 Å². The summed E-state index contributed by atoms with van der Waals surface area (Å²) in [7, 11) is 0. The summed E-state index contributed by atoms with van der Waals surface area (Å²) < 4.78 is 0. The highest BCUT2D eigenvalue weighted by molar-refractivity contribution is 5.39. The van der Waals surface area contributed by atoms with E-state index in [0.717, 1.165) is 0 Å². The van der Waals surface area contributed by atoms with Gasteiger partial charge < -0.3 is 11.1 Å². The van der Waals surface area contributed by atoms with Gasteiger partial charge in [0.05, 0.1) is 4.92 Å². The van der Waals surface area contributed by atoms with Crippen LogP contribution in [0.4, 0.5) is 11.5 Å². The van der Waals surface area contributed by atoms with Gasteiger partial charge in [0.25, 0.3) is 5.69 Å². The first-order valence-electron chi connectivity index (χ1n) is 4.68. The third kappa shape index (κ3) is 3.51. The van der Waals surface area contributed by atoms with Gasteiger partial charge in [-0.25, -0.2) is 4.98 Å². The lowest BCUT2D eigenvalue weighted by molar-refractivity contribution is -0.385. The summed E-state index contributed by atoms with van der Waals surface area (Å²) in [5.41, 5.74) is 5.44. The molecule has 0 aliphatic carbocycles. The lowest BCUT2D eigenvalue weighted by Crippen LogP contribution is -2.20. The lowest BCUT2D eigenvalue weighted by Gasteiger charge is -2.09. The Morgan fingerprint density at radius 2 is 2.40 bits per heavy atom. The molecular formula is C9H14N4O2. The number of nitro groups is 1. The quantitative estimate of drug-likeness (QED) is 0.558. The van der Waals surface area contributed by atoms with Crippen LogP contribution >= 0.6 is 0 Å². The van der Waals surface area contributed by atoms with Crippen LogP contribution in [0.3, 0.4) is 0 Å². The molecule has 1 unspecified atom stereocenters. The molecule has 1 rings (SSSR count). The first-order valence-corrected chi connectivity index (χ1v) is 4.68. The Labute approximate surface area is 87.7 Å². The number of nitrogens with zero attached hydrogens (tertiary/aromatic N) is 2. The molecule has 0 fully saturated rings. The molecule has 0 aromatic carbocycles. The number of nitrogens with one attached hydrogen (secondary N) is 1. The van der Waals surface area contributed by atoms with Crippen LogP contribution in [0.25, 0.3) is 0 Å². The van der Waals surface area contributed by atoms with Crippen molar-refractivity contribution < 1.29 is 4.92 Å². The van der Waals surface area contributed by atoms with Crippen LogP contribution in [0.15, 0.2) is 18.3 Å². The first-order chi connectivity index (χ1) is 7.13. The number of hydrogen-bond acceptors (Lipinski definition) is 5. The molecule has 3 N–H and O–H groups in total. The molecule has 0 aliphatic rings. The zero-order valence-electron chi connectivity index (χ0n) is 8.51. The van der Waals surface area contributed by atoms with Gasteiger partial charge in [-0.15, -0.1) is 0 Å². The van der Waals surface area contributed by atoms with Gasteiger partial charge in [0.1, 0.15) is 12.0 Å². The Hall–Kier alpha value is -1.69. The van der Waals surface area contributed by atoms with E-state index in [0.29, 0.717) is 24.8 Å². The first kappa shape index (κ1) is 11.4. The minimum Gasteiger partial charge on any atom is -0.370 e. The molecule has 6 heteroatoms. The molecule has 82 valence electrons. The average molecular weight is 210 g/mol. The van der Waals surface area contributed by atoms with Gasteiger partial charge in [0, 0.05) is 12.6 Å². The molecule has 0 bridgehead atoms. The molecule has 0 radical (unpaired) electrons. The van der Waals surface area contributed by atoms with Crippen LogP contribution in [-0.4, -0.2) is 23.0 Å². The number of rotatable bonds is 5. The normalized spacial score (nSPS) is 12.1. The van der Waals surface area contributed by atoms with E-state index in [-0.39, 0.29) is 5.69 Å². The van der Waals surface area contributed by atoms with Crippen LogP contribution in [0, 0.1) is 16.0 Å². The molecule has 1 aromatic rings. The summed E-state index contributed by atoms with van der Waals surface area (Å²) in [6, 6.07) is 3.00. The van der Waals surface area contributed by atoms with Gasteiger partial charge in [0.2, 0.25) is 0 Å². The number of aromatic nitrogens is 1. The molecule has 0 aliphatic heterocycles. The highest BCUT2D eigenvalue weighted by Gasteiger charge is 2.05. The predicted octanol–water partition coefficient (Wildman–Crippen LogP) is 0.996.